The molecule has 19 rings (SSSR count). The van der Waals surface area contributed by atoms with E-state index in [2.05, 4.69) is 43.7 Å². The molecule has 0 aromatic rings. The molecule has 19 aliphatic rings. The summed E-state index contributed by atoms with van der Waals surface area (Å²) in [7, 11) is 8.66. The van der Waals surface area contributed by atoms with Crippen LogP contribution in [0, 0.1) is 47.3 Å². The Balaban J connectivity index is 0.000000129. The van der Waals surface area contributed by atoms with E-state index in [1.165, 1.54) is 65.1 Å². The highest BCUT2D eigenvalue weighted by molar-refractivity contribution is 5.92. The van der Waals surface area contributed by atoms with Crippen molar-refractivity contribution in [1.29, 1.82) is 0 Å². The number of halogens is 13. The summed E-state index contributed by atoms with van der Waals surface area (Å²) >= 11 is 0. The van der Waals surface area contributed by atoms with Gasteiger partial charge in [0.25, 0.3) is 0 Å². The Morgan fingerprint density at radius 2 is 0.552 bits per heavy atom. The van der Waals surface area contributed by atoms with Crippen LogP contribution >= 0.6 is 0 Å². The summed E-state index contributed by atoms with van der Waals surface area (Å²) in [6.45, 7) is 27.8. The van der Waals surface area contributed by atoms with Gasteiger partial charge < -0.3 is 85.3 Å². The van der Waals surface area contributed by atoms with Crippen LogP contribution < -0.4 is 0 Å². The van der Waals surface area contributed by atoms with Crippen molar-refractivity contribution in [2.24, 2.45) is 47.3 Å². The van der Waals surface area contributed by atoms with E-state index in [4.69, 9.17) is 85.3 Å². The third-order valence-electron chi connectivity index (χ3n) is 32.2. The molecule has 7 saturated carbocycles. The average molecular weight is 1930 g/mol. The van der Waals surface area contributed by atoms with Gasteiger partial charge in [-0.3, -0.25) is 33.5 Å². The Labute approximate surface area is 772 Å². The van der Waals surface area contributed by atoms with Crippen molar-refractivity contribution < 1.29 is 176 Å². The Hall–Kier alpha value is -4.95. The van der Waals surface area contributed by atoms with Crippen LogP contribution in [0.4, 0.5) is 57.1 Å². The summed E-state index contributed by atoms with van der Waals surface area (Å²) in [6.07, 6.45) is -9.82. The Morgan fingerprint density at radius 3 is 0.769 bits per heavy atom. The number of hydrogen-bond acceptors (Lipinski definition) is 25. The molecule has 0 radical (unpaired) electrons. The summed E-state index contributed by atoms with van der Waals surface area (Å²) in [5.41, 5.74) is -4.43. The largest absolute Gasteiger partial charge is 0.522 e. The molecule has 756 valence electrons. The lowest BCUT2D eigenvalue weighted by molar-refractivity contribution is -0.324. The normalized spacial score (nSPS) is 47.5. The molecule has 12 heterocycles. The summed E-state index contributed by atoms with van der Waals surface area (Å²) in [6, 6.07) is 0. The molecule has 19 fully saturated rings. The van der Waals surface area contributed by atoms with Gasteiger partial charge in [-0.15, -0.1) is 13.2 Å². The zero-order valence-electron chi connectivity index (χ0n) is 79.7. The maximum Gasteiger partial charge on any atom is 0.522 e. The quantitative estimate of drug-likeness (QED) is 0.0465. The number of methoxy groups -OCH3 is 6. The molecule has 0 amide bonds. The SMILES string of the molecule is CO[C@@H]1C(=O)[C@@H](C)C[C@]2(CO2)[C@H]1[C@]1(C)O[C@@H]1C/C=C(\C)C(F)(F)F.CO[C@@H]1C(=O)[C@@H](C)C[C@]2(CO2)[C@H]1[C@]1(C)O[C@@H]1CC=C(C)C.CO[C@@H]1C(=O)[C@H](F)C[C@]2(CO2)[C@H]1[C@@]1(C)O[C@@H]1CC=C1CC1.CO[C@@H]1C(=O)[C@H](F)C[C@]2(CO2)[C@H]1[C@]1(C)O[C@@H]1C/C=C(\C)C(F)(F)F.CO[C@@H]1C(=O)[C@H](F)C[C@]2(CO2)[C@H]1[C@]1(C)O[C@@H]1CC=C(C)C.CO[C@@H]1C(=O)[C@H](F)C[C@]2(CO2)[C@H]1[C@]1(C)O[C@@H]1CCOC(F)(F)F. The number of rotatable bonds is 25. The molecule has 7 aliphatic carbocycles. The van der Waals surface area contributed by atoms with Crippen LogP contribution in [0.2, 0.25) is 0 Å². The molecule has 12 aliphatic heterocycles. The van der Waals surface area contributed by atoms with Crippen LogP contribution in [0.25, 0.3) is 0 Å². The van der Waals surface area contributed by atoms with Gasteiger partial charge in [0.2, 0.25) is 0 Å². The predicted octanol–water partition coefficient (Wildman–Crippen LogP) is 14.3. The van der Waals surface area contributed by atoms with Crippen LogP contribution in [0.3, 0.4) is 0 Å². The van der Waals surface area contributed by atoms with Gasteiger partial charge in [0, 0.05) is 97.7 Å². The average Bonchev–Trinajstić information content (AvgIpc) is 1.55. The summed E-state index contributed by atoms with van der Waals surface area (Å²) < 4.78 is 272. The van der Waals surface area contributed by atoms with Crippen LogP contribution in [-0.4, -0.2) is 307 Å². The van der Waals surface area contributed by atoms with Crippen molar-refractivity contribution in [3.8, 4) is 0 Å². The predicted molar refractivity (Wildman–Crippen MR) is 449 cm³/mol. The smallest absolute Gasteiger partial charge is 0.373 e. The third kappa shape index (κ3) is 20.7. The monoisotopic (exact) mass is 1930 g/mol. The highest BCUT2D eigenvalue weighted by atomic mass is 19.4. The van der Waals surface area contributed by atoms with Gasteiger partial charge >= 0.3 is 18.7 Å². The number of alkyl halides is 13. The van der Waals surface area contributed by atoms with Gasteiger partial charge in [-0.1, -0.05) is 60.9 Å². The van der Waals surface area contributed by atoms with Gasteiger partial charge in [-0.05, 0) is 141 Å². The van der Waals surface area contributed by atoms with Gasteiger partial charge in [-0.25, -0.2) is 17.6 Å². The minimum absolute atomic E-state index is 0.00674. The van der Waals surface area contributed by atoms with Crippen LogP contribution in [0.1, 0.15) is 187 Å². The number of carbonyl (C=O) groups is 6. The lowest BCUT2D eigenvalue weighted by Crippen LogP contribution is -2.56. The maximum absolute atomic E-state index is 13.9. The number of epoxide rings is 12. The van der Waals surface area contributed by atoms with Crippen molar-refractivity contribution in [2.45, 2.75) is 371 Å². The standard InChI is InChI=1S/C17H23F3O4.C17H26O4.C16H20F4O4.C16H21FO4.C16H23FO4.C14H18F4O5/c1-9-7-16(8-23-16)14(13(22-4)12(9)21)15(3)11(24-15)6-5-10(2)17(18,19)20;1-10(2)6-7-12-16(4,21-12)15-14(19-5)13(18)11(3)8-17(15)9-20-17;1-8(16(18,19)20)4-5-10-14(2,24-10)13-12(22-3)11(21)9(17)6-15(13)7-23-15;1-15(11(21-15)6-5-9-3-4-9)14-13(19-2)12(18)10(17)7-16(14)8-20-16;1-9(2)5-6-11-15(3,21-11)14-13(19-4)12(18)10(17)7-16(14)8-20-16;1-12(8(23-12)3-4-21-14(16,17)18)11-10(20-2)9(19)7(15)5-13(11)6-22-13/h5,9,11,13-14H,6-8H2,1-4H3;6,11-12,14-15H,7-9H2,1-5H3;4,9-10,12-13H,5-7H2,1-3H3;5,10-11,13-14H,3-4,6-8H2,1-2H3;5,10-11,13-14H,6-8H2,1-4H3;7-8,10-11H,3-6H2,1-2H3/b10-5+;;8-4+;;;/t9-,11+,13+,14+,15+,16-;11-,12+,14+,15+,16+,17-;9-,10-,12-,13-,14-,15+;10-,11-,13-,14-,15+,16+;10-,11-,13-,14-,15-,16+;7-,8-,10-,11-,12-,13+/m001111/s1. The van der Waals surface area contributed by atoms with Crippen molar-refractivity contribution in [3.63, 3.8) is 0 Å². The molecule has 36 atom stereocenters. The number of allylic oxidation sites excluding steroid dienone is 5. The zero-order valence-corrected chi connectivity index (χ0v) is 79.7. The van der Waals surface area contributed by atoms with Gasteiger partial charge in [0.05, 0.1) is 118 Å². The molecular weight excluding hydrogens is 1800 g/mol. The first kappa shape index (κ1) is 105. The molecule has 12 saturated heterocycles. The Morgan fingerprint density at radius 1 is 0.336 bits per heavy atom. The highest BCUT2D eigenvalue weighted by Gasteiger charge is 2.80. The molecule has 0 bridgehead atoms. The van der Waals surface area contributed by atoms with Crippen molar-refractivity contribution in [3.05, 3.63) is 58.2 Å². The first-order valence-electron chi connectivity index (χ1n) is 46.4. The van der Waals surface area contributed by atoms with E-state index in [1.807, 2.05) is 48.5 Å². The zero-order chi connectivity index (χ0) is 98.5. The number of Topliss-reactive ketones (excluding diaryl/α,β-unsaturated/α-hetero) is 6. The fourth-order valence-electron chi connectivity index (χ4n) is 23.7. The molecule has 0 unspecified atom stereocenters. The Kier molecular flexibility index (Phi) is 29.3. The molecule has 25 nitrogen and oxygen atoms in total. The minimum Gasteiger partial charge on any atom is -0.373 e. The number of ketones is 6. The van der Waals surface area contributed by atoms with Crippen LogP contribution in [-0.2, 0) is 119 Å². The topological polar surface area (TPSA) is 317 Å². The third-order valence-corrected chi connectivity index (χ3v) is 32.2. The molecule has 0 aromatic heterocycles. The fraction of sp³-hybridized carbons (Fsp3) is 0.833. The summed E-state index contributed by atoms with van der Waals surface area (Å²) in [5.74, 6) is -3.98. The summed E-state index contributed by atoms with van der Waals surface area (Å²) in [4.78, 5) is 73.3. The molecule has 0 N–H and O–H groups in total. The molecule has 0 aromatic carbocycles. The molecular formula is C96H131F13O25. The van der Waals surface area contributed by atoms with Gasteiger partial charge in [0.1, 0.15) is 104 Å². The molecule has 38 heteroatoms. The van der Waals surface area contributed by atoms with Crippen LogP contribution in [0.15, 0.2) is 58.2 Å². The van der Waals surface area contributed by atoms with Crippen molar-refractivity contribution in [1.82, 2.24) is 0 Å². The summed E-state index contributed by atoms with van der Waals surface area (Å²) in [5, 5.41) is 0. The Bertz CT molecular complexity index is 4240. The number of ether oxygens (including phenoxy) is 19. The number of hydrogen-bond donors (Lipinski definition) is 0. The molecule has 6 spiro atoms. The lowest BCUT2D eigenvalue weighted by Gasteiger charge is -2.40. The lowest BCUT2D eigenvalue weighted by atomic mass is 9.66. The number of carbonyl (C=O) groups excluding carboxylic acids is 6. The van der Waals surface area contributed by atoms with E-state index < -0.39 is 201 Å². The van der Waals surface area contributed by atoms with E-state index in [0.29, 0.717) is 32.8 Å². The second kappa shape index (κ2) is 37.4. The van der Waals surface area contributed by atoms with Crippen molar-refractivity contribution in [2.75, 3.05) is 88.9 Å². The second-order valence-electron chi connectivity index (χ2n) is 41.9. The molecule has 134 heavy (non-hydrogen) atoms. The second-order valence-corrected chi connectivity index (χ2v) is 41.9. The van der Waals surface area contributed by atoms with Crippen LogP contribution in [0.5, 0.6) is 0 Å². The van der Waals surface area contributed by atoms with Gasteiger partial charge in [0.15, 0.2) is 59.4 Å². The van der Waals surface area contributed by atoms with Gasteiger partial charge in [-0.2, -0.15) is 26.3 Å². The first-order valence-corrected chi connectivity index (χ1v) is 46.4. The maximum atomic E-state index is 13.9. The fourth-order valence-corrected chi connectivity index (χ4v) is 23.7. The van der Waals surface area contributed by atoms with Crippen molar-refractivity contribution >= 4 is 34.7 Å². The first-order chi connectivity index (χ1) is 62.4. The van der Waals surface area contributed by atoms with E-state index in [-0.39, 0.29) is 134 Å². The van der Waals surface area contributed by atoms with E-state index in [0.717, 1.165) is 58.3 Å². The minimum atomic E-state index is -4.69. The van der Waals surface area contributed by atoms with E-state index in [1.54, 1.807) is 21.0 Å². The van der Waals surface area contributed by atoms with E-state index in [9.17, 15) is 85.8 Å². The highest BCUT2D eigenvalue weighted by Crippen LogP contribution is 2.66. The van der Waals surface area contributed by atoms with E-state index >= 15 is 0 Å².